The van der Waals surface area contributed by atoms with Crippen molar-refractivity contribution in [1.29, 1.82) is 0 Å². The van der Waals surface area contributed by atoms with E-state index in [1.54, 1.807) is 0 Å². The third kappa shape index (κ3) is 3.11. The molecule has 0 radical (unpaired) electrons. The zero-order valence-electron chi connectivity index (χ0n) is 11.1. The summed E-state index contributed by atoms with van der Waals surface area (Å²) in [6.45, 7) is 1.49. The maximum absolute atomic E-state index is 12.2. The summed E-state index contributed by atoms with van der Waals surface area (Å²) in [5.41, 5.74) is 6.23. The Hall–Kier alpha value is -2.61. The summed E-state index contributed by atoms with van der Waals surface area (Å²) < 4.78 is 26.8. The third-order valence-electron chi connectivity index (χ3n) is 2.94. The van der Waals surface area contributed by atoms with E-state index in [-0.39, 0.29) is 21.8 Å². The number of nitro benzene ring substituents is 1. The van der Waals surface area contributed by atoms with E-state index < -0.39 is 14.9 Å². The maximum Gasteiger partial charge on any atom is 0.274 e. The molecule has 2 aromatic rings. The average Bonchev–Trinajstić information content (AvgIpc) is 2.41. The lowest BCUT2D eigenvalue weighted by Gasteiger charge is -2.10. The van der Waals surface area contributed by atoms with Gasteiger partial charge in [0.1, 0.15) is 0 Å². The molecule has 7 nitrogen and oxygen atoms in total. The molecule has 2 rings (SSSR count). The van der Waals surface area contributed by atoms with Crippen molar-refractivity contribution in [3.8, 4) is 0 Å². The summed E-state index contributed by atoms with van der Waals surface area (Å²) in [7, 11) is -3.82. The average molecular weight is 307 g/mol. The van der Waals surface area contributed by atoms with Gasteiger partial charge in [0, 0.05) is 11.8 Å². The Morgan fingerprint density at radius 1 is 1.14 bits per heavy atom. The molecular formula is C13H13N3O4S. The Balaban J connectivity index is 2.39. The molecule has 0 saturated carbocycles. The molecule has 0 aliphatic rings. The zero-order valence-corrected chi connectivity index (χ0v) is 11.9. The molecular weight excluding hydrogens is 294 g/mol. The number of hydrogen-bond donors (Lipinski definition) is 2. The van der Waals surface area contributed by atoms with Crippen molar-refractivity contribution < 1.29 is 13.3 Å². The van der Waals surface area contributed by atoms with Gasteiger partial charge in [-0.1, -0.05) is 6.07 Å². The molecule has 2 aromatic carbocycles. The number of nitrogens with one attached hydrogen (secondary N) is 1. The summed E-state index contributed by atoms with van der Waals surface area (Å²) in [5.74, 6) is 0. The first kappa shape index (κ1) is 14.8. The number of nitrogens with two attached hydrogens (primary N) is 1. The van der Waals surface area contributed by atoms with Gasteiger partial charge in [0.15, 0.2) is 0 Å². The number of nitro groups is 1. The number of anilines is 2. The van der Waals surface area contributed by atoms with Crippen LogP contribution in [0.4, 0.5) is 17.1 Å². The van der Waals surface area contributed by atoms with Crippen LogP contribution >= 0.6 is 0 Å². The fourth-order valence-corrected chi connectivity index (χ4v) is 2.91. The molecule has 0 spiro atoms. The molecule has 0 aromatic heterocycles. The number of rotatable bonds is 4. The van der Waals surface area contributed by atoms with Crippen molar-refractivity contribution in [3.63, 3.8) is 0 Å². The van der Waals surface area contributed by atoms with E-state index in [4.69, 9.17) is 5.73 Å². The second kappa shape index (κ2) is 5.41. The Morgan fingerprint density at radius 3 is 2.33 bits per heavy atom. The van der Waals surface area contributed by atoms with Crippen LogP contribution in [0.2, 0.25) is 0 Å². The van der Waals surface area contributed by atoms with E-state index >= 15 is 0 Å². The summed E-state index contributed by atoms with van der Waals surface area (Å²) >= 11 is 0. The van der Waals surface area contributed by atoms with Crippen LogP contribution in [0.1, 0.15) is 5.56 Å². The van der Waals surface area contributed by atoms with Crippen molar-refractivity contribution in [3.05, 3.63) is 58.1 Å². The van der Waals surface area contributed by atoms with E-state index in [2.05, 4.69) is 4.72 Å². The molecule has 0 aliphatic carbocycles. The first-order chi connectivity index (χ1) is 9.81. The van der Waals surface area contributed by atoms with Gasteiger partial charge in [-0.15, -0.1) is 0 Å². The molecule has 0 heterocycles. The molecule has 110 valence electrons. The molecule has 8 heteroatoms. The zero-order chi connectivity index (χ0) is 15.6. The van der Waals surface area contributed by atoms with Gasteiger partial charge in [-0.25, -0.2) is 8.42 Å². The minimum absolute atomic E-state index is 0.0302. The Bertz CT molecular complexity index is 786. The van der Waals surface area contributed by atoms with Gasteiger partial charge in [0.2, 0.25) is 0 Å². The fourth-order valence-electron chi connectivity index (χ4n) is 1.78. The molecule has 0 aliphatic heterocycles. The Labute approximate surface area is 121 Å². The summed E-state index contributed by atoms with van der Waals surface area (Å²) in [6.07, 6.45) is 0. The van der Waals surface area contributed by atoms with Gasteiger partial charge in [-0.3, -0.25) is 14.8 Å². The van der Waals surface area contributed by atoms with Crippen LogP contribution in [0, 0.1) is 17.0 Å². The predicted molar refractivity (Wildman–Crippen MR) is 79.5 cm³/mol. The van der Waals surface area contributed by atoms with Crippen molar-refractivity contribution in [2.24, 2.45) is 0 Å². The first-order valence-electron chi connectivity index (χ1n) is 5.93. The Morgan fingerprint density at radius 2 is 1.76 bits per heavy atom. The van der Waals surface area contributed by atoms with E-state index in [0.29, 0.717) is 5.69 Å². The number of sulfonamides is 1. The molecule has 3 N–H and O–H groups in total. The largest absolute Gasteiger partial charge is 0.399 e. The lowest BCUT2D eigenvalue weighted by molar-refractivity contribution is -0.385. The topological polar surface area (TPSA) is 115 Å². The molecule has 0 atom stereocenters. The molecule has 0 unspecified atom stereocenters. The van der Waals surface area contributed by atoms with Crippen molar-refractivity contribution in [2.75, 3.05) is 10.5 Å². The minimum atomic E-state index is -3.82. The van der Waals surface area contributed by atoms with Crippen molar-refractivity contribution in [2.45, 2.75) is 11.8 Å². The SMILES string of the molecule is Cc1c(NS(=O)(=O)c2ccc(N)cc2)cccc1[N+](=O)[O-]. The molecule has 0 fully saturated rings. The highest BCUT2D eigenvalue weighted by Crippen LogP contribution is 2.27. The standard InChI is InChI=1S/C13H13N3O4S/c1-9-12(3-2-4-13(9)16(17)18)15-21(19,20)11-7-5-10(14)6-8-11/h2-8,15H,14H2,1H3. The third-order valence-corrected chi connectivity index (χ3v) is 4.32. The van der Waals surface area contributed by atoms with Crippen LogP contribution in [0.3, 0.4) is 0 Å². The van der Waals surface area contributed by atoms with E-state index in [1.807, 2.05) is 0 Å². The van der Waals surface area contributed by atoms with Gasteiger partial charge >= 0.3 is 0 Å². The predicted octanol–water partition coefficient (Wildman–Crippen LogP) is 2.29. The highest BCUT2D eigenvalue weighted by molar-refractivity contribution is 7.92. The Kier molecular flexibility index (Phi) is 3.81. The molecule has 0 bridgehead atoms. The number of hydrogen-bond acceptors (Lipinski definition) is 5. The molecule has 0 amide bonds. The van der Waals surface area contributed by atoms with Crippen molar-refractivity contribution in [1.82, 2.24) is 0 Å². The fraction of sp³-hybridized carbons (Fsp3) is 0.0769. The summed E-state index contributed by atoms with van der Waals surface area (Å²) in [6, 6.07) is 9.87. The van der Waals surface area contributed by atoms with Crippen LogP contribution in [0.5, 0.6) is 0 Å². The molecule has 0 saturated heterocycles. The lowest BCUT2D eigenvalue weighted by Crippen LogP contribution is -2.14. The van der Waals surface area contributed by atoms with Gasteiger partial charge in [-0.05, 0) is 37.3 Å². The highest BCUT2D eigenvalue weighted by Gasteiger charge is 2.19. The van der Waals surface area contributed by atoms with E-state index in [9.17, 15) is 18.5 Å². The van der Waals surface area contributed by atoms with Crippen LogP contribution in [0.15, 0.2) is 47.4 Å². The quantitative estimate of drug-likeness (QED) is 0.511. The van der Waals surface area contributed by atoms with Crippen LogP contribution < -0.4 is 10.5 Å². The minimum Gasteiger partial charge on any atom is -0.399 e. The highest BCUT2D eigenvalue weighted by atomic mass is 32.2. The van der Waals surface area contributed by atoms with Crippen LogP contribution in [-0.4, -0.2) is 13.3 Å². The monoisotopic (exact) mass is 307 g/mol. The van der Waals surface area contributed by atoms with E-state index in [0.717, 1.165) is 0 Å². The second-order valence-corrected chi connectivity index (χ2v) is 6.06. The normalized spacial score (nSPS) is 11.1. The van der Waals surface area contributed by atoms with Gasteiger partial charge in [0.25, 0.3) is 15.7 Å². The molecule has 21 heavy (non-hydrogen) atoms. The van der Waals surface area contributed by atoms with Crippen molar-refractivity contribution >= 4 is 27.1 Å². The van der Waals surface area contributed by atoms with Gasteiger partial charge in [-0.2, -0.15) is 0 Å². The van der Waals surface area contributed by atoms with Gasteiger partial charge in [0.05, 0.1) is 21.1 Å². The smallest absolute Gasteiger partial charge is 0.274 e. The maximum atomic E-state index is 12.2. The number of nitrogens with zero attached hydrogens (tertiary/aromatic N) is 1. The van der Waals surface area contributed by atoms with Gasteiger partial charge < -0.3 is 5.73 Å². The number of benzene rings is 2. The lowest BCUT2D eigenvalue weighted by atomic mass is 10.2. The number of nitrogen functional groups attached to an aromatic ring is 1. The summed E-state index contributed by atoms with van der Waals surface area (Å²) in [4.78, 5) is 10.3. The first-order valence-corrected chi connectivity index (χ1v) is 7.42. The van der Waals surface area contributed by atoms with Crippen LogP contribution in [0.25, 0.3) is 0 Å². The summed E-state index contributed by atoms with van der Waals surface area (Å²) in [5, 5.41) is 10.9. The van der Waals surface area contributed by atoms with Crippen LogP contribution in [-0.2, 0) is 10.0 Å². The van der Waals surface area contributed by atoms with E-state index in [1.165, 1.54) is 49.4 Å². The second-order valence-electron chi connectivity index (χ2n) is 4.38.